The lowest BCUT2D eigenvalue weighted by molar-refractivity contribution is -0.118. The summed E-state index contributed by atoms with van der Waals surface area (Å²) >= 11 is 7.48. The number of carbonyl (C=O) groups excluding carboxylic acids is 2. The molecule has 0 radical (unpaired) electrons. The first-order valence-electron chi connectivity index (χ1n) is 11.1. The Morgan fingerprint density at radius 1 is 1.21 bits per heavy atom. The number of nitrogens with zero attached hydrogens (tertiary/aromatic N) is 5. The Morgan fingerprint density at radius 2 is 2.06 bits per heavy atom. The van der Waals surface area contributed by atoms with Crippen molar-refractivity contribution in [2.75, 3.05) is 43.4 Å². The number of hydrogen-bond donors (Lipinski definition) is 2. The van der Waals surface area contributed by atoms with Gasteiger partial charge in [0.2, 0.25) is 5.91 Å². The molecular weight excluding hydrogens is 462 g/mol. The van der Waals surface area contributed by atoms with Gasteiger partial charge in [0.1, 0.15) is 11.0 Å². The largest absolute Gasteiger partial charge is 0.355 e. The smallest absolute Gasteiger partial charge is 0.317 e. The predicted molar refractivity (Wildman–Crippen MR) is 131 cm³/mol. The van der Waals surface area contributed by atoms with Crippen molar-refractivity contribution in [2.24, 2.45) is 0 Å². The van der Waals surface area contributed by atoms with Crippen molar-refractivity contribution in [3.8, 4) is 0 Å². The molecule has 11 heteroatoms. The predicted octanol–water partition coefficient (Wildman–Crippen LogP) is 2.61. The fourth-order valence-electron chi connectivity index (χ4n) is 3.47. The van der Waals surface area contributed by atoms with Gasteiger partial charge in [-0.05, 0) is 25.5 Å². The maximum atomic E-state index is 12.3. The molecule has 9 nitrogen and oxygen atoms in total. The van der Waals surface area contributed by atoms with Gasteiger partial charge >= 0.3 is 6.03 Å². The molecule has 1 aliphatic rings. The molecule has 0 saturated carbocycles. The fraction of sp³-hybridized carbons (Fsp3) is 0.500. The van der Waals surface area contributed by atoms with Crippen LogP contribution in [0.2, 0.25) is 5.15 Å². The van der Waals surface area contributed by atoms with Crippen LogP contribution in [0.25, 0.3) is 0 Å². The van der Waals surface area contributed by atoms with Crippen LogP contribution in [0, 0.1) is 0 Å². The van der Waals surface area contributed by atoms with Gasteiger partial charge in [-0.1, -0.05) is 36.4 Å². The van der Waals surface area contributed by atoms with Crippen molar-refractivity contribution < 1.29 is 9.59 Å². The third kappa shape index (κ3) is 7.75. The van der Waals surface area contributed by atoms with E-state index in [4.69, 9.17) is 11.6 Å². The topological polar surface area (TPSA) is 103 Å². The highest BCUT2D eigenvalue weighted by Gasteiger charge is 2.28. The van der Waals surface area contributed by atoms with Crippen molar-refractivity contribution in [3.63, 3.8) is 0 Å². The summed E-state index contributed by atoms with van der Waals surface area (Å²) in [6.07, 6.45) is 3.32. The van der Waals surface area contributed by atoms with Gasteiger partial charge in [-0.3, -0.25) is 9.78 Å². The third-order valence-corrected chi connectivity index (χ3v) is 6.20. The molecule has 3 amide bonds. The van der Waals surface area contributed by atoms with Crippen molar-refractivity contribution in [1.29, 1.82) is 0 Å². The van der Waals surface area contributed by atoms with Crippen LogP contribution in [0.4, 0.5) is 10.6 Å². The molecule has 2 aromatic heterocycles. The number of pyridine rings is 1. The SMILES string of the molecule is CCCNC(=O)N1CCN(c2cc(Cl)nc(SCC(=O)NCCc3ccccn3)n2)CC1C. The van der Waals surface area contributed by atoms with Gasteiger partial charge in [0.05, 0.1) is 5.75 Å². The average molecular weight is 492 g/mol. The quantitative estimate of drug-likeness (QED) is 0.315. The highest BCUT2D eigenvalue weighted by atomic mass is 35.5. The summed E-state index contributed by atoms with van der Waals surface area (Å²) in [6, 6.07) is 7.44. The molecule has 1 atom stereocenters. The first-order chi connectivity index (χ1) is 16.0. The van der Waals surface area contributed by atoms with E-state index in [1.165, 1.54) is 11.8 Å². The van der Waals surface area contributed by atoms with Crippen LogP contribution >= 0.6 is 23.4 Å². The molecule has 2 aromatic rings. The molecule has 0 bridgehead atoms. The molecule has 0 spiro atoms. The van der Waals surface area contributed by atoms with Crippen LogP contribution in [-0.2, 0) is 11.2 Å². The zero-order valence-corrected chi connectivity index (χ0v) is 20.5. The molecule has 178 valence electrons. The lowest BCUT2D eigenvalue weighted by Gasteiger charge is -2.40. The zero-order chi connectivity index (χ0) is 23.6. The Balaban J connectivity index is 1.50. The molecule has 1 fully saturated rings. The zero-order valence-electron chi connectivity index (χ0n) is 19.0. The summed E-state index contributed by atoms with van der Waals surface area (Å²) in [5, 5.41) is 6.60. The molecule has 33 heavy (non-hydrogen) atoms. The summed E-state index contributed by atoms with van der Waals surface area (Å²) in [6.45, 7) is 7.13. The summed E-state index contributed by atoms with van der Waals surface area (Å²) < 4.78 is 0. The molecule has 1 aliphatic heterocycles. The van der Waals surface area contributed by atoms with Gasteiger partial charge < -0.3 is 20.4 Å². The van der Waals surface area contributed by atoms with Crippen LogP contribution in [0.15, 0.2) is 35.6 Å². The molecule has 3 rings (SSSR count). The molecule has 3 heterocycles. The number of carbonyl (C=O) groups is 2. The van der Waals surface area contributed by atoms with Crippen LogP contribution in [0.5, 0.6) is 0 Å². The minimum atomic E-state index is -0.0959. The number of nitrogens with one attached hydrogen (secondary N) is 2. The summed E-state index contributed by atoms with van der Waals surface area (Å²) in [5.41, 5.74) is 0.936. The summed E-state index contributed by atoms with van der Waals surface area (Å²) in [4.78, 5) is 41.6. The summed E-state index contributed by atoms with van der Waals surface area (Å²) in [7, 11) is 0. The van der Waals surface area contributed by atoms with E-state index in [0.717, 1.165) is 12.1 Å². The van der Waals surface area contributed by atoms with Gasteiger partial charge in [0, 0.05) is 63.1 Å². The number of piperazine rings is 1. The van der Waals surface area contributed by atoms with Crippen molar-refractivity contribution in [1.82, 2.24) is 30.5 Å². The normalized spacial score (nSPS) is 15.9. The van der Waals surface area contributed by atoms with Crippen molar-refractivity contribution in [3.05, 3.63) is 41.3 Å². The standard InChI is InChI=1S/C22H30ClN7O2S/c1-3-8-26-22(32)30-12-11-29(14-16(30)2)19-13-18(23)27-21(28-19)33-15-20(31)25-10-7-17-6-4-5-9-24-17/h4-6,9,13,16H,3,7-8,10-12,14-15H2,1-2H3,(H,25,31)(H,26,32). The van der Waals surface area contributed by atoms with Crippen molar-refractivity contribution >= 4 is 41.1 Å². The van der Waals surface area contributed by atoms with Crippen LogP contribution < -0.4 is 15.5 Å². The average Bonchev–Trinajstić information content (AvgIpc) is 2.81. The number of urea groups is 1. The van der Waals surface area contributed by atoms with Crippen molar-refractivity contribution in [2.45, 2.75) is 37.9 Å². The Morgan fingerprint density at radius 3 is 2.79 bits per heavy atom. The third-order valence-electron chi connectivity index (χ3n) is 5.16. The molecule has 0 aliphatic carbocycles. The second-order valence-corrected chi connectivity index (χ2v) is 9.09. The van der Waals surface area contributed by atoms with Gasteiger partial charge in [-0.15, -0.1) is 0 Å². The minimum Gasteiger partial charge on any atom is -0.355 e. The number of amides is 3. The van der Waals surface area contributed by atoms with Gasteiger partial charge in [0.15, 0.2) is 5.16 Å². The highest BCUT2D eigenvalue weighted by molar-refractivity contribution is 7.99. The number of hydrogen-bond acceptors (Lipinski definition) is 7. The second-order valence-electron chi connectivity index (χ2n) is 7.76. The van der Waals surface area contributed by atoms with E-state index < -0.39 is 0 Å². The number of aromatic nitrogens is 3. The highest BCUT2D eigenvalue weighted by Crippen LogP contribution is 2.24. The van der Waals surface area contributed by atoms with E-state index in [0.29, 0.717) is 55.3 Å². The number of rotatable bonds is 9. The van der Waals surface area contributed by atoms with E-state index in [-0.39, 0.29) is 23.7 Å². The molecule has 2 N–H and O–H groups in total. The van der Waals surface area contributed by atoms with E-state index in [1.54, 1.807) is 12.3 Å². The number of thioether (sulfide) groups is 1. The molecule has 1 saturated heterocycles. The summed E-state index contributed by atoms with van der Waals surface area (Å²) in [5.74, 6) is 0.805. The Hall–Kier alpha value is -2.59. The Labute approximate surface area is 203 Å². The number of anilines is 1. The van der Waals surface area contributed by atoms with E-state index in [1.807, 2.05) is 36.9 Å². The van der Waals surface area contributed by atoms with Gasteiger partial charge in [-0.25, -0.2) is 14.8 Å². The second kappa shape index (κ2) is 12.6. The van der Waals surface area contributed by atoms with Gasteiger partial charge in [-0.2, -0.15) is 0 Å². The molecular formula is C22H30ClN7O2S. The maximum Gasteiger partial charge on any atom is 0.317 e. The Bertz CT molecular complexity index is 934. The lowest BCUT2D eigenvalue weighted by atomic mass is 10.2. The van der Waals surface area contributed by atoms with Crippen LogP contribution in [0.1, 0.15) is 26.0 Å². The number of halogens is 1. The van der Waals surface area contributed by atoms with Crippen LogP contribution in [-0.4, -0.2) is 76.3 Å². The van der Waals surface area contributed by atoms with Crippen LogP contribution in [0.3, 0.4) is 0 Å². The minimum absolute atomic E-state index is 0.0324. The first kappa shape index (κ1) is 25.0. The van der Waals surface area contributed by atoms with Gasteiger partial charge in [0.25, 0.3) is 0 Å². The first-order valence-corrected chi connectivity index (χ1v) is 12.5. The monoisotopic (exact) mass is 491 g/mol. The van der Waals surface area contributed by atoms with E-state index in [2.05, 4.69) is 30.5 Å². The maximum absolute atomic E-state index is 12.3. The fourth-order valence-corrected chi connectivity index (χ4v) is 4.38. The molecule has 0 aromatic carbocycles. The van der Waals surface area contributed by atoms with E-state index >= 15 is 0 Å². The molecule has 1 unspecified atom stereocenters. The van der Waals surface area contributed by atoms with E-state index in [9.17, 15) is 9.59 Å². The Kier molecular flexibility index (Phi) is 9.56. The lowest BCUT2D eigenvalue weighted by Crippen LogP contribution is -2.56.